The van der Waals surface area contributed by atoms with Gasteiger partial charge in [0.15, 0.2) is 0 Å². The van der Waals surface area contributed by atoms with Crippen molar-refractivity contribution in [2.24, 2.45) is 0 Å². The van der Waals surface area contributed by atoms with Crippen LogP contribution in [0.5, 0.6) is 0 Å². The minimum atomic E-state index is -1.22. The number of urea groups is 1. The lowest BCUT2D eigenvalue weighted by atomic mass is 9.98. The second-order valence-corrected chi connectivity index (χ2v) is 10.9. The number of likely N-dealkylation sites (N-methyl/N-ethyl adjacent to an activating group) is 1. The van der Waals surface area contributed by atoms with Gasteiger partial charge in [0.05, 0.1) is 6.10 Å². The molecule has 1 saturated heterocycles. The zero-order valence-electron chi connectivity index (χ0n) is 13.3. The molecule has 2 amide bonds. The normalized spacial score (nSPS) is 33.0. The number of nitrogens with zero attached hydrogens (tertiary/aromatic N) is 1. The molecule has 22 heavy (non-hydrogen) atoms. The topological polar surface area (TPSA) is 82.0 Å². The third kappa shape index (κ3) is 3.46. The molecule has 4 atom stereocenters. The van der Waals surface area contributed by atoms with Crippen LogP contribution in [-0.2, 0) is 4.74 Å². The smallest absolute Gasteiger partial charge is 0.325 e. The average Bonchev–Trinajstić information content (AvgIpc) is 2.70. The van der Waals surface area contributed by atoms with E-state index < -0.39 is 31.3 Å². The minimum Gasteiger partial charge on any atom is -0.388 e. The lowest BCUT2D eigenvalue weighted by Crippen LogP contribution is -2.42. The fourth-order valence-electron chi connectivity index (χ4n) is 2.60. The van der Waals surface area contributed by atoms with Gasteiger partial charge in [-0.15, -0.1) is 13.2 Å². The summed E-state index contributed by atoms with van der Waals surface area (Å²) in [4.78, 5) is 12.9. The van der Waals surface area contributed by atoms with E-state index in [1.807, 2.05) is 0 Å². The van der Waals surface area contributed by atoms with E-state index in [-0.39, 0.29) is 6.03 Å². The second-order valence-electron chi connectivity index (χ2n) is 6.58. The standard InChI is InChI=1S/C15H25N2O4P/c1-9-10(8-16-15(20)17(9)2)14-13(19)12(18)11(21-14)6-7-22(3,4)5/h8,11-14,18-19H,1,3,6-7H2,2,4-5H3,(H,16,20)/t11-,12-,13-,14+/m1/s1. The Balaban J connectivity index is 2.12. The Kier molecular flexibility index (Phi) is 4.87. The van der Waals surface area contributed by atoms with Gasteiger partial charge in [-0.25, -0.2) is 4.79 Å². The number of hydrogen-bond acceptors (Lipinski definition) is 4. The van der Waals surface area contributed by atoms with Gasteiger partial charge in [-0.05, 0) is 25.9 Å². The van der Waals surface area contributed by atoms with Crippen LogP contribution in [0.15, 0.2) is 24.0 Å². The summed E-state index contributed by atoms with van der Waals surface area (Å²) in [5, 5.41) is 23.1. The Bertz CT molecular complexity index is 554. The Morgan fingerprint density at radius 3 is 2.64 bits per heavy atom. The molecular formula is C15H25N2O4P. The number of hydrogen-bond donors (Lipinski definition) is 3. The van der Waals surface area contributed by atoms with Crippen molar-refractivity contribution < 1.29 is 19.7 Å². The van der Waals surface area contributed by atoms with Crippen LogP contribution < -0.4 is 5.32 Å². The van der Waals surface area contributed by atoms with Crippen LogP contribution in [0.3, 0.4) is 0 Å². The highest BCUT2D eigenvalue weighted by Crippen LogP contribution is 2.39. The molecule has 7 heteroatoms. The summed E-state index contributed by atoms with van der Waals surface area (Å²) in [6, 6.07) is -0.290. The van der Waals surface area contributed by atoms with Crippen molar-refractivity contribution in [2.75, 3.05) is 26.5 Å². The highest BCUT2D eigenvalue weighted by atomic mass is 31.2. The van der Waals surface area contributed by atoms with E-state index in [9.17, 15) is 15.0 Å². The second kappa shape index (κ2) is 6.20. The third-order valence-corrected chi connectivity index (χ3v) is 5.55. The van der Waals surface area contributed by atoms with Crippen LogP contribution in [0.2, 0.25) is 0 Å². The molecule has 124 valence electrons. The average molecular weight is 328 g/mol. The molecule has 3 N–H and O–H groups in total. The number of carbonyl (C=O) groups is 1. The van der Waals surface area contributed by atoms with Crippen LogP contribution in [-0.4, -0.2) is 78.4 Å². The number of ether oxygens (including phenoxy) is 1. The predicted molar refractivity (Wildman–Crippen MR) is 89.6 cm³/mol. The van der Waals surface area contributed by atoms with Crippen molar-refractivity contribution in [1.82, 2.24) is 10.2 Å². The molecule has 2 aliphatic heterocycles. The van der Waals surface area contributed by atoms with Crippen LogP contribution >= 0.6 is 6.89 Å². The molecule has 0 bridgehead atoms. The lowest BCUT2D eigenvalue weighted by Gasteiger charge is -2.30. The molecule has 6 nitrogen and oxygen atoms in total. The van der Waals surface area contributed by atoms with Crippen molar-refractivity contribution in [2.45, 2.75) is 30.8 Å². The van der Waals surface area contributed by atoms with E-state index in [1.165, 1.54) is 11.1 Å². The van der Waals surface area contributed by atoms with Crippen molar-refractivity contribution in [1.29, 1.82) is 0 Å². The largest absolute Gasteiger partial charge is 0.388 e. The molecule has 0 aromatic carbocycles. The van der Waals surface area contributed by atoms with Gasteiger partial charge in [-0.2, -0.15) is 0 Å². The summed E-state index contributed by atoms with van der Waals surface area (Å²) >= 11 is 0. The lowest BCUT2D eigenvalue weighted by molar-refractivity contribution is 0.0185. The summed E-state index contributed by atoms with van der Waals surface area (Å²) in [5.74, 6) is 0. The van der Waals surface area contributed by atoms with Crippen LogP contribution in [0.25, 0.3) is 0 Å². The van der Waals surface area contributed by atoms with E-state index in [0.29, 0.717) is 17.7 Å². The maximum atomic E-state index is 11.5. The van der Waals surface area contributed by atoms with E-state index in [1.54, 1.807) is 7.05 Å². The molecule has 2 heterocycles. The molecule has 2 rings (SSSR count). The maximum Gasteiger partial charge on any atom is 0.325 e. The first-order chi connectivity index (χ1) is 10.1. The molecule has 0 aromatic heterocycles. The molecule has 2 aliphatic rings. The Morgan fingerprint density at radius 2 is 2.05 bits per heavy atom. The van der Waals surface area contributed by atoms with Crippen LogP contribution in [0.4, 0.5) is 4.79 Å². The Labute approximate surface area is 131 Å². The van der Waals surface area contributed by atoms with Crippen molar-refractivity contribution in [3.05, 3.63) is 24.0 Å². The number of rotatable bonds is 4. The number of nitrogens with one attached hydrogen (secondary N) is 1. The highest BCUT2D eigenvalue weighted by molar-refractivity contribution is 7.72. The van der Waals surface area contributed by atoms with E-state index in [0.717, 1.165) is 6.16 Å². The molecule has 0 aromatic rings. The van der Waals surface area contributed by atoms with Crippen LogP contribution in [0, 0.1) is 0 Å². The summed E-state index contributed by atoms with van der Waals surface area (Å²) in [6.07, 6.45) is 4.06. The third-order valence-electron chi connectivity index (χ3n) is 4.08. The van der Waals surface area contributed by atoms with Crippen molar-refractivity contribution >= 4 is 19.2 Å². The first-order valence-corrected chi connectivity index (χ1v) is 10.3. The van der Waals surface area contributed by atoms with Gasteiger partial charge >= 0.3 is 6.03 Å². The molecule has 1 fully saturated rings. The first kappa shape index (κ1) is 17.3. The van der Waals surface area contributed by atoms with Crippen molar-refractivity contribution in [3.63, 3.8) is 0 Å². The Morgan fingerprint density at radius 1 is 1.41 bits per heavy atom. The molecule has 0 radical (unpaired) electrons. The maximum absolute atomic E-state index is 11.5. The minimum absolute atomic E-state index is 0.290. The summed E-state index contributed by atoms with van der Waals surface area (Å²) in [7, 11) is 1.59. The van der Waals surface area contributed by atoms with E-state index in [4.69, 9.17) is 4.74 Å². The van der Waals surface area contributed by atoms with Crippen molar-refractivity contribution in [3.8, 4) is 0 Å². The van der Waals surface area contributed by atoms with Gasteiger partial charge in [0.2, 0.25) is 0 Å². The molecule has 0 spiro atoms. The zero-order valence-corrected chi connectivity index (χ0v) is 14.2. The van der Waals surface area contributed by atoms with E-state index >= 15 is 0 Å². The zero-order chi connectivity index (χ0) is 16.7. The highest BCUT2D eigenvalue weighted by Gasteiger charge is 2.45. The SMILES string of the molecule is C=C1C([C@@H]2O[C@H](CCP(=C)(C)C)[C@@H](O)[C@H]2O)=CNC(=O)N1C. The number of aliphatic hydroxyl groups excluding tert-OH is 2. The van der Waals surface area contributed by atoms with E-state index in [2.05, 4.69) is 31.5 Å². The van der Waals surface area contributed by atoms with Gasteiger partial charge < -0.3 is 20.3 Å². The number of amides is 2. The van der Waals surface area contributed by atoms with Gasteiger partial charge in [-0.1, -0.05) is 6.58 Å². The summed E-state index contributed by atoms with van der Waals surface area (Å²) in [6.45, 7) is 6.89. The molecular weight excluding hydrogens is 303 g/mol. The first-order valence-electron chi connectivity index (χ1n) is 7.24. The molecule has 0 saturated carbocycles. The number of carbonyl (C=O) groups excluding carboxylic acids is 1. The quantitative estimate of drug-likeness (QED) is 0.661. The Hall–Kier alpha value is -1.07. The summed E-state index contributed by atoms with van der Waals surface area (Å²) < 4.78 is 5.86. The van der Waals surface area contributed by atoms with Gasteiger partial charge in [0, 0.05) is 24.5 Å². The number of aliphatic hydroxyl groups is 2. The molecule has 0 aliphatic carbocycles. The monoisotopic (exact) mass is 328 g/mol. The van der Waals surface area contributed by atoms with Gasteiger partial charge in [0.25, 0.3) is 0 Å². The van der Waals surface area contributed by atoms with Crippen LogP contribution in [0.1, 0.15) is 6.42 Å². The van der Waals surface area contributed by atoms with Gasteiger partial charge in [-0.3, -0.25) is 4.90 Å². The predicted octanol–water partition coefficient (Wildman–Crippen LogP) is 0.627. The molecule has 0 unspecified atom stereocenters. The fourth-order valence-corrected chi connectivity index (χ4v) is 3.56. The summed E-state index contributed by atoms with van der Waals surface area (Å²) in [5.41, 5.74) is 1.05. The van der Waals surface area contributed by atoms with Gasteiger partial charge in [0.1, 0.15) is 18.3 Å². The fraction of sp³-hybridized carbons (Fsp3) is 0.600.